The first-order chi connectivity index (χ1) is 25.9. The predicted octanol–water partition coefficient (Wildman–Crippen LogP) is 16.0. The number of fused-ring (bicyclic) bond motifs is 8. The first-order valence-electron chi connectivity index (χ1n) is 19.8. The van der Waals surface area contributed by atoms with Crippen molar-refractivity contribution in [2.75, 3.05) is 0 Å². The third-order valence-corrected chi connectivity index (χ3v) is 10.8. The number of aryl methyl sites for hydroxylation is 2. The molecule has 268 valence electrons. The quantitative estimate of drug-likeness (QED) is 0.152. The minimum Gasteiger partial charge on any atom is -0.0955 e. The van der Waals surface area contributed by atoms with Gasteiger partial charge in [0.25, 0.3) is 0 Å². The molecule has 0 fully saturated rings. The summed E-state index contributed by atoms with van der Waals surface area (Å²) in [5, 5.41) is 11.0. The summed E-state index contributed by atoms with van der Waals surface area (Å²) in [5.74, 6) is 0. The smallest absolute Gasteiger partial charge is 0.00174 e. The minimum absolute atomic E-state index is 1.04. The van der Waals surface area contributed by atoms with Crippen LogP contribution in [0.5, 0.6) is 0 Å². The first kappa shape index (κ1) is 37.6. The molecule has 0 amide bonds. The Bertz CT molecular complexity index is 2420. The summed E-state index contributed by atoms with van der Waals surface area (Å²) in [6.07, 6.45) is 22.0. The van der Waals surface area contributed by atoms with Gasteiger partial charge in [-0.2, -0.15) is 0 Å². The Kier molecular flexibility index (Phi) is 12.4. The molecule has 2 aliphatic carbocycles. The second kappa shape index (κ2) is 17.5. The maximum Gasteiger partial charge on any atom is -0.00174 e. The fraction of sp³-hybridized carbons (Fsp3) is 0.245. The highest BCUT2D eigenvalue weighted by atomic mass is 14.2. The van der Waals surface area contributed by atoms with Crippen molar-refractivity contribution in [3.8, 4) is 0 Å². The molecule has 0 atom stereocenters. The van der Waals surface area contributed by atoms with Gasteiger partial charge in [0.1, 0.15) is 0 Å². The monoisotopic (exact) mass is 692 g/mol. The van der Waals surface area contributed by atoms with E-state index in [1.807, 2.05) is 25.1 Å². The molecule has 0 heterocycles. The van der Waals surface area contributed by atoms with Crippen LogP contribution in [0.4, 0.5) is 0 Å². The van der Waals surface area contributed by atoms with Crippen molar-refractivity contribution in [1.29, 1.82) is 0 Å². The third kappa shape index (κ3) is 8.23. The summed E-state index contributed by atoms with van der Waals surface area (Å²) in [5.41, 5.74) is 12.4. The molecule has 0 spiro atoms. The van der Waals surface area contributed by atoms with Gasteiger partial charge in [0.15, 0.2) is 0 Å². The normalized spacial score (nSPS) is 14.2. The Morgan fingerprint density at radius 2 is 1.38 bits per heavy atom. The van der Waals surface area contributed by atoms with Crippen molar-refractivity contribution >= 4 is 54.2 Å². The lowest BCUT2D eigenvalue weighted by atomic mass is 9.85. The molecule has 0 bridgehead atoms. The molecule has 0 N–H and O–H groups in total. The van der Waals surface area contributed by atoms with E-state index in [4.69, 9.17) is 0 Å². The Morgan fingerprint density at radius 1 is 0.660 bits per heavy atom. The molecule has 6 aromatic rings. The lowest BCUT2D eigenvalue weighted by molar-refractivity contribution is 0.876. The van der Waals surface area contributed by atoms with Gasteiger partial charge in [0.05, 0.1) is 0 Å². The molecule has 8 rings (SSSR count). The molecule has 0 saturated carbocycles. The van der Waals surface area contributed by atoms with Crippen molar-refractivity contribution in [3.63, 3.8) is 0 Å². The summed E-state index contributed by atoms with van der Waals surface area (Å²) in [6, 6.07) is 35.3. The minimum atomic E-state index is 1.04. The Morgan fingerprint density at radius 3 is 2.06 bits per heavy atom. The van der Waals surface area contributed by atoms with Crippen molar-refractivity contribution in [1.82, 2.24) is 0 Å². The molecular formula is C53H56. The van der Waals surface area contributed by atoms with E-state index in [0.29, 0.717) is 0 Å². The van der Waals surface area contributed by atoms with Crippen molar-refractivity contribution in [2.45, 2.75) is 86.5 Å². The van der Waals surface area contributed by atoms with Gasteiger partial charge in [-0.25, -0.2) is 0 Å². The molecule has 6 aromatic carbocycles. The van der Waals surface area contributed by atoms with Gasteiger partial charge < -0.3 is 0 Å². The van der Waals surface area contributed by atoms with Crippen LogP contribution in [0.15, 0.2) is 157 Å². The van der Waals surface area contributed by atoms with E-state index in [1.165, 1.54) is 101 Å². The molecule has 0 aliphatic heterocycles. The second-order valence-electron chi connectivity index (χ2n) is 14.5. The molecule has 0 saturated heterocycles. The number of allylic oxidation sites excluding steroid dienone is 11. The highest BCUT2D eigenvalue weighted by molar-refractivity contribution is 6.33. The fourth-order valence-electron chi connectivity index (χ4n) is 8.12. The zero-order chi connectivity index (χ0) is 37.3. The van der Waals surface area contributed by atoms with Crippen LogP contribution in [0.25, 0.3) is 54.2 Å². The van der Waals surface area contributed by atoms with Crippen molar-refractivity contribution in [3.05, 3.63) is 179 Å². The van der Waals surface area contributed by atoms with Crippen molar-refractivity contribution in [2.24, 2.45) is 0 Å². The second-order valence-corrected chi connectivity index (χ2v) is 14.5. The first-order valence-corrected chi connectivity index (χ1v) is 19.8. The zero-order valence-electron chi connectivity index (χ0n) is 32.9. The fourth-order valence-corrected chi connectivity index (χ4v) is 8.12. The average Bonchev–Trinajstić information content (AvgIpc) is 3.21. The van der Waals surface area contributed by atoms with Crippen LogP contribution in [-0.2, 0) is 6.42 Å². The molecule has 0 nitrogen and oxygen atoms in total. The van der Waals surface area contributed by atoms with Gasteiger partial charge in [-0.1, -0.05) is 166 Å². The SMILES string of the molecule is C=C(C)c1ccccc1.CC/C=C(\C)C1=C(CC)CCC=C1.CCc1cccc2c3ccccc3c3c4cc(C5=CCCC=C5)ccc4cc(C)c3c12. The van der Waals surface area contributed by atoms with Crippen LogP contribution in [0.3, 0.4) is 0 Å². The summed E-state index contributed by atoms with van der Waals surface area (Å²) < 4.78 is 0. The maximum atomic E-state index is 3.83. The predicted molar refractivity (Wildman–Crippen MR) is 238 cm³/mol. The van der Waals surface area contributed by atoms with E-state index in [-0.39, 0.29) is 0 Å². The van der Waals surface area contributed by atoms with Crippen LogP contribution in [0.2, 0.25) is 0 Å². The number of hydrogen-bond acceptors (Lipinski definition) is 0. The van der Waals surface area contributed by atoms with Gasteiger partial charge >= 0.3 is 0 Å². The number of benzene rings is 6. The van der Waals surface area contributed by atoms with Gasteiger partial charge in [-0.05, 0) is 154 Å². The van der Waals surface area contributed by atoms with Crippen LogP contribution in [0, 0.1) is 6.92 Å². The third-order valence-electron chi connectivity index (χ3n) is 10.8. The zero-order valence-corrected chi connectivity index (χ0v) is 32.9. The van der Waals surface area contributed by atoms with E-state index in [0.717, 1.165) is 31.3 Å². The van der Waals surface area contributed by atoms with E-state index >= 15 is 0 Å². The van der Waals surface area contributed by atoms with Crippen molar-refractivity contribution < 1.29 is 0 Å². The van der Waals surface area contributed by atoms with Crippen LogP contribution in [-0.4, -0.2) is 0 Å². The molecule has 0 unspecified atom stereocenters. The molecule has 0 radical (unpaired) electrons. The van der Waals surface area contributed by atoms with E-state index < -0.39 is 0 Å². The van der Waals surface area contributed by atoms with E-state index in [1.54, 1.807) is 5.57 Å². The average molecular weight is 693 g/mol. The lowest BCUT2D eigenvalue weighted by Gasteiger charge is -2.18. The van der Waals surface area contributed by atoms with E-state index in [2.05, 4.69) is 157 Å². The molecule has 0 aromatic heterocycles. The van der Waals surface area contributed by atoms with E-state index in [9.17, 15) is 0 Å². The maximum absolute atomic E-state index is 3.83. The van der Waals surface area contributed by atoms with Gasteiger partial charge in [-0.3, -0.25) is 0 Å². The molecule has 2 aliphatic rings. The highest BCUT2D eigenvalue weighted by Crippen LogP contribution is 2.42. The summed E-state index contributed by atoms with van der Waals surface area (Å²) in [7, 11) is 0. The van der Waals surface area contributed by atoms with Crippen LogP contribution in [0.1, 0.15) is 95.4 Å². The van der Waals surface area contributed by atoms with Gasteiger partial charge in [-0.15, -0.1) is 0 Å². The summed E-state index contributed by atoms with van der Waals surface area (Å²) in [6.45, 7) is 17.1. The topological polar surface area (TPSA) is 0 Å². The lowest BCUT2D eigenvalue weighted by Crippen LogP contribution is -1.95. The molecule has 53 heavy (non-hydrogen) atoms. The number of hydrogen-bond donors (Lipinski definition) is 0. The van der Waals surface area contributed by atoms with Gasteiger partial charge in [0, 0.05) is 0 Å². The Labute approximate surface area is 318 Å². The number of rotatable bonds is 6. The largest absolute Gasteiger partial charge is 0.0955 e. The summed E-state index contributed by atoms with van der Waals surface area (Å²) in [4.78, 5) is 0. The summed E-state index contributed by atoms with van der Waals surface area (Å²) >= 11 is 0. The molecule has 0 heteroatoms. The van der Waals surface area contributed by atoms with Gasteiger partial charge in [0.2, 0.25) is 0 Å². The standard InChI is InChI=1S/C31H26.C13H20.C9H10/c1-3-21-12-9-15-26-25-13-7-8-14-27(25)31-28-19-23(22-10-5-4-6-11-22)16-17-24(28)18-20(2)29(31)30(21)26;1-4-8-11(3)13-10-7-6-9-12(13)5-2;1-8(2)9-6-4-3-5-7-9/h5,7-19H,3-4,6H2,1-2H3;7-8,10H,4-6,9H2,1-3H3;3-7H,1H2,2H3/b;11-8+;. The molecular weight excluding hydrogens is 637 g/mol. The Balaban J connectivity index is 0.000000179. The van der Waals surface area contributed by atoms with Crippen LogP contribution >= 0.6 is 0 Å². The highest BCUT2D eigenvalue weighted by Gasteiger charge is 2.16. The van der Waals surface area contributed by atoms with Crippen LogP contribution < -0.4 is 0 Å². The Hall–Kier alpha value is -5.20.